The Morgan fingerprint density at radius 3 is 2.82 bits per heavy atom. The number of nitrogens with one attached hydrogen (secondary N) is 2. The maximum absolute atomic E-state index is 13.3. The molecule has 0 saturated carbocycles. The van der Waals surface area contributed by atoms with Crippen molar-refractivity contribution in [1.29, 1.82) is 0 Å². The fourth-order valence-electron chi connectivity index (χ4n) is 4.19. The highest BCUT2D eigenvalue weighted by molar-refractivity contribution is 6.31. The van der Waals surface area contributed by atoms with Gasteiger partial charge in [0.2, 0.25) is 0 Å². The summed E-state index contributed by atoms with van der Waals surface area (Å²) in [6, 6.07) is 5.40. The van der Waals surface area contributed by atoms with Gasteiger partial charge in [-0.15, -0.1) is 13.2 Å². The summed E-state index contributed by atoms with van der Waals surface area (Å²) < 4.78 is 1.84. The Morgan fingerprint density at radius 1 is 1.24 bits per heavy atom. The highest BCUT2D eigenvalue weighted by atomic mass is 35.5. The molecule has 0 aliphatic carbocycles. The van der Waals surface area contributed by atoms with Crippen LogP contribution >= 0.6 is 11.6 Å². The SMILES string of the molecule is C=CCCNc1nc(NC(=O)c2ccc(Cl)cc2N2CCC(CC=C)CC2)cn2ccnc12. The van der Waals surface area contributed by atoms with Gasteiger partial charge in [-0.2, -0.15) is 0 Å². The second-order valence-corrected chi connectivity index (χ2v) is 8.64. The number of benzene rings is 1. The minimum absolute atomic E-state index is 0.223. The van der Waals surface area contributed by atoms with Crippen molar-refractivity contribution < 1.29 is 4.79 Å². The van der Waals surface area contributed by atoms with Crippen molar-refractivity contribution in [2.24, 2.45) is 5.92 Å². The van der Waals surface area contributed by atoms with Gasteiger partial charge in [0.15, 0.2) is 17.3 Å². The molecule has 8 heteroatoms. The summed E-state index contributed by atoms with van der Waals surface area (Å²) >= 11 is 6.30. The number of hydrogen-bond acceptors (Lipinski definition) is 5. The van der Waals surface area contributed by atoms with Crippen LogP contribution in [0.2, 0.25) is 5.02 Å². The molecule has 2 aromatic heterocycles. The molecule has 0 spiro atoms. The van der Waals surface area contributed by atoms with Crippen molar-refractivity contribution in [1.82, 2.24) is 14.4 Å². The Balaban J connectivity index is 1.56. The van der Waals surface area contributed by atoms with Gasteiger partial charge in [-0.05, 0) is 49.8 Å². The number of hydrogen-bond donors (Lipinski definition) is 2. The van der Waals surface area contributed by atoms with E-state index in [0.717, 1.165) is 44.5 Å². The van der Waals surface area contributed by atoms with Crippen molar-refractivity contribution in [3.63, 3.8) is 0 Å². The Hall–Kier alpha value is -3.32. The number of anilines is 3. The number of carbonyl (C=O) groups is 1. The summed E-state index contributed by atoms with van der Waals surface area (Å²) in [5.41, 5.74) is 2.13. The summed E-state index contributed by atoms with van der Waals surface area (Å²) in [5.74, 6) is 1.48. The van der Waals surface area contributed by atoms with Gasteiger partial charge in [-0.25, -0.2) is 9.97 Å². The molecule has 1 fully saturated rings. The van der Waals surface area contributed by atoms with Gasteiger partial charge in [0, 0.05) is 37.1 Å². The molecule has 1 aliphatic heterocycles. The smallest absolute Gasteiger partial charge is 0.258 e. The molecule has 1 saturated heterocycles. The molecule has 172 valence electrons. The van der Waals surface area contributed by atoms with E-state index < -0.39 is 0 Å². The molecule has 0 radical (unpaired) electrons. The average molecular weight is 465 g/mol. The Bertz CT molecular complexity index is 1150. The summed E-state index contributed by atoms with van der Waals surface area (Å²) in [4.78, 5) is 24.5. The zero-order valence-electron chi connectivity index (χ0n) is 18.6. The van der Waals surface area contributed by atoms with Crippen molar-refractivity contribution >= 4 is 40.5 Å². The first kappa shape index (κ1) is 22.9. The molecule has 7 nitrogen and oxygen atoms in total. The zero-order valence-corrected chi connectivity index (χ0v) is 19.4. The van der Waals surface area contributed by atoms with E-state index in [9.17, 15) is 4.79 Å². The van der Waals surface area contributed by atoms with Crippen LogP contribution in [0.3, 0.4) is 0 Å². The second-order valence-electron chi connectivity index (χ2n) is 8.21. The van der Waals surface area contributed by atoms with Crippen LogP contribution in [0, 0.1) is 5.92 Å². The molecular weight excluding hydrogens is 436 g/mol. The normalized spacial score (nSPS) is 14.3. The third-order valence-corrected chi connectivity index (χ3v) is 6.15. The van der Waals surface area contributed by atoms with Gasteiger partial charge < -0.3 is 19.9 Å². The quantitative estimate of drug-likeness (QED) is 0.327. The zero-order chi connectivity index (χ0) is 23.2. The third kappa shape index (κ3) is 5.37. The number of imidazole rings is 1. The van der Waals surface area contributed by atoms with Crippen molar-refractivity contribution in [2.45, 2.75) is 25.7 Å². The molecule has 33 heavy (non-hydrogen) atoms. The van der Waals surface area contributed by atoms with Gasteiger partial charge >= 0.3 is 0 Å². The molecule has 3 heterocycles. The Morgan fingerprint density at radius 2 is 2.06 bits per heavy atom. The predicted octanol–water partition coefficient (Wildman–Crippen LogP) is 5.42. The van der Waals surface area contributed by atoms with Gasteiger partial charge in [-0.3, -0.25) is 4.79 Å². The summed E-state index contributed by atoms with van der Waals surface area (Å²) in [6.45, 7) is 10.1. The maximum atomic E-state index is 13.3. The molecule has 0 bridgehead atoms. The van der Waals surface area contributed by atoms with Crippen LogP contribution in [-0.2, 0) is 0 Å². The molecular formula is C25H29ClN6O. The molecule has 0 unspecified atom stereocenters. The fourth-order valence-corrected chi connectivity index (χ4v) is 4.36. The number of nitrogens with zero attached hydrogens (tertiary/aromatic N) is 4. The number of carbonyl (C=O) groups excluding carboxylic acids is 1. The van der Waals surface area contributed by atoms with E-state index >= 15 is 0 Å². The van der Waals surface area contributed by atoms with E-state index in [-0.39, 0.29) is 5.91 Å². The number of rotatable bonds is 9. The maximum Gasteiger partial charge on any atom is 0.258 e. The van der Waals surface area contributed by atoms with Crippen molar-refractivity contribution in [3.05, 3.63) is 72.7 Å². The topological polar surface area (TPSA) is 74.6 Å². The lowest BCUT2D eigenvalue weighted by molar-refractivity contribution is 0.102. The number of amides is 1. The van der Waals surface area contributed by atoms with Crippen LogP contribution in [0.15, 0.2) is 62.1 Å². The number of allylic oxidation sites excluding steroid dienone is 1. The summed E-state index contributed by atoms with van der Waals surface area (Å²) in [7, 11) is 0. The van der Waals surface area contributed by atoms with E-state index in [1.807, 2.05) is 28.8 Å². The van der Waals surface area contributed by atoms with Crippen molar-refractivity contribution in [3.8, 4) is 0 Å². The van der Waals surface area contributed by atoms with Crippen LogP contribution in [0.25, 0.3) is 5.65 Å². The van der Waals surface area contributed by atoms with E-state index in [1.165, 1.54) is 0 Å². The predicted molar refractivity (Wildman–Crippen MR) is 135 cm³/mol. The lowest BCUT2D eigenvalue weighted by Gasteiger charge is -2.34. The monoisotopic (exact) mass is 464 g/mol. The first-order chi connectivity index (χ1) is 16.1. The van der Waals surface area contributed by atoms with Gasteiger partial charge in [0.25, 0.3) is 5.91 Å². The number of piperidine rings is 1. The molecule has 4 rings (SSSR count). The first-order valence-corrected chi connectivity index (χ1v) is 11.6. The van der Waals surface area contributed by atoms with E-state index in [4.69, 9.17) is 11.6 Å². The van der Waals surface area contributed by atoms with E-state index in [2.05, 4.69) is 38.7 Å². The van der Waals surface area contributed by atoms with Crippen LogP contribution < -0.4 is 15.5 Å². The van der Waals surface area contributed by atoms with Crippen molar-refractivity contribution in [2.75, 3.05) is 35.2 Å². The fraction of sp³-hybridized carbons (Fsp3) is 0.320. The van der Waals surface area contributed by atoms with Crippen LogP contribution in [0.1, 0.15) is 36.0 Å². The van der Waals surface area contributed by atoms with Crippen LogP contribution in [0.4, 0.5) is 17.3 Å². The molecule has 3 aromatic rings. The standard InChI is InChI=1S/C25H29ClN6O/c1-3-5-11-27-23-24-28-12-15-32(24)17-22(29-23)30-25(33)20-8-7-19(26)16-21(20)31-13-9-18(6-4-2)10-14-31/h3-4,7-8,12,15-18H,1-2,5-6,9-11,13-14H2,(H,27,29)(H,30,33). The molecule has 2 N–H and O–H groups in total. The van der Waals surface area contributed by atoms with Crippen LogP contribution in [0.5, 0.6) is 0 Å². The average Bonchev–Trinajstić information content (AvgIpc) is 3.29. The third-order valence-electron chi connectivity index (χ3n) is 5.92. The Labute approximate surface area is 199 Å². The van der Waals surface area contributed by atoms with Crippen LogP contribution in [-0.4, -0.2) is 39.9 Å². The molecule has 1 amide bonds. The Kier molecular flexibility index (Phi) is 7.29. The second kappa shape index (κ2) is 10.5. The lowest BCUT2D eigenvalue weighted by atomic mass is 9.93. The van der Waals surface area contributed by atoms with E-state index in [0.29, 0.717) is 40.3 Å². The first-order valence-electron chi connectivity index (χ1n) is 11.2. The minimum atomic E-state index is -0.223. The summed E-state index contributed by atoms with van der Waals surface area (Å²) in [5, 5.41) is 6.83. The molecule has 1 aromatic carbocycles. The minimum Gasteiger partial charge on any atom is -0.371 e. The number of aromatic nitrogens is 3. The van der Waals surface area contributed by atoms with Gasteiger partial charge in [0.1, 0.15) is 0 Å². The van der Waals surface area contributed by atoms with Gasteiger partial charge in [-0.1, -0.05) is 23.8 Å². The largest absolute Gasteiger partial charge is 0.371 e. The molecule has 0 atom stereocenters. The number of fused-ring (bicyclic) bond motifs is 1. The highest BCUT2D eigenvalue weighted by Crippen LogP contribution is 2.31. The van der Waals surface area contributed by atoms with E-state index in [1.54, 1.807) is 24.5 Å². The lowest BCUT2D eigenvalue weighted by Crippen LogP contribution is -2.35. The molecule has 1 aliphatic rings. The number of halogens is 1. The van der Waals surface area contributed by atoms with Gasteiger partial charge in [0.05, 0.1) is 17.4 Å². The summed E-state index contributed by atoms with van der Waals surface area (Å²) in [6.07, 6.45) is 13.1. The highest BCUT2D eigenvalue weighted by Gasteiger charge is 2.23.